The van der Waals surface area contributed by atoms with E-state index in [2.05, 4.69) is 15.2 Å². The maximum absolute atomic E-state index is 12.6. The van der Waals surface area contributed by atoms with Gasteiger partial charge in [0.25, 0.3) is 0 Å². The second-order valence-electron chi connectivity index (χ2n) is 3.10. The quantitative estimate of drug-likeness (QED) is 0.876. The number of alkyl halides is 3. The lowest BCUT2D eigenvalue weighted by Crippen LogP contribution is -2.28. The lowest BCUT2D eigenvalue weighted by molar-refractivity contribution is -0.128. The molecule has 1 N–H and O–H groups in total. The average Bonchev–Trinajstić information content (AvgIpc) is 2.77. The molecule has 0 unspecified atom stereocenters. The summed E-state index contributed by atoms with van der Waals surface area (Å²) in [6.45, 7) is 0. The van der Waals surface area contributed by atoms with Crippen LogP contribution in [-0.2, 0) is 4.79 Å². The number of hydrogen-bond acceptors (Lipinski definition) is 5. The van der Waals surface area contributed by atoms with Gasteiger partial charge in [-0.15, -0.1) is 10.2 Å². The Hall–Kier alpha value is -1.48. The molecule has 2 heterocycles. The summed E-state index contributed by atoms with van der Waals surface area (Å²) in [7, 11) is 0. The van der Waals surface area contributed by atoms with Gasteiger partial charge < -0.3 is 0 Å². The first-order valence-electron chi connectivity index (χ1n) is 4.59. The highest BCUT2D eigenvalue weighted by Crippen LogP contribution is 2.28. The lowest BCUT2D eigenvalue weighted by Gasteiger charge is -2.05. The fraction of sp³-hybridized carbons (Fsp3) is 0.111. The smallest absolute Gasteiger partial charge is 0.294 e. The molecular weight excluding hydrogens is 330 g/mol. The van der Waals surface area contributed by atoms with Gasteiger partial charge in [0.2, 0.25) is 5.13 Å². The highest BCUT2D eigenvalue weighted by molar-refractivity contribution is 9.10. The molecule has 2 aromatic heterocycles. The third-order valence-corrected chi connectivity index (χ3v) is 3.08. The summed E-state index contributed by atoms with van der Waals surface area (Å²) in [6.07, 6.45) is 3.14. The van der Waals surface area contributed by atoms with Crippen LogP contribution in [-0.4, -0.2) is 25.9 Å². The minimum absolute atomic E-state index is 0.00550. The van der Waals surface area contributed by atoms with Gasteiger partial charge in [-0.1, -0.05) is 11.3 Å². The van der Waals surface area contributed by atoms with Crippen molar-refractivity contribution in [1.82, 2.24) is 15.2 Å². The van der Waals surface area contributed by atoms with Crippen molar-refractivity contribution < 1.29 is 13.6 Å². The van der Waals surface area contributed by atoms with Gasteiger partial charge in [0.05, 0.1) is 0 Å². The number of hydrogen-bond donors (Lipinski definition) is 1. The number of rotatable bonds is 3. The van der Waals surface area contributed by atoms with Crippen molar-refractivity contribution in [2.24, 2.45) is 0 Å². The molecule has 0 atom stereocenters. The molecule has 0 bridgehead atoms. The van der Waals surface area contributed by atoms with Crippen LogP contribution >= 0.6 is 27.3 Å². The molecular formula is C9H5BrF2N4OS. The fourth-order valence-corrected chi connectivity index (χ4v) is 1.90. The Morgan fingerprint density at radius 3 is 2.61 bits per heavy atom. The van der Waals surface area contributed by atoms with Crippen LogP contribution in [0.4, 0.5) is 13.9 Å². The summed E-state index contributed by atoms with van der Waals surface area (Å²) < 4.78 is 25.2. The standard InChI is InChI=1S/C9H5BrF2N4OS/c10-9(11,12)7(17)14-8-16-15-6(18-8)5-1-3-13-4-2-5/h1-4H,(H,14,16,17). The van der Waals surface area contributed by atoms with E-state index < -0.39 is 10.7 Å². The maximum atomic E-state index is 12.6. The maximum Gasteiger partial charge on any atom is 0.378 e. The lowest BCUT2D eigenvalue weighted by atomic mass is 10.3. The second kappa shape index (κ2) is 5.02. The third kappa shape index (κ3) is 3.05. The van der Waals surface area contributed by atoms with Crippen LogP contribution in [0.1, 0.15) is 0 Å². The summed E-state index contributed by atoms with van der Waals surface area (Å²) in [4.78, 5) is 11.2. The molecule has 0 radical (unpaired) electrons. The molecule has 2 rings (SSSR count). The number of nitrogens with zero attached hydrogens (tertiary/aromatic N) is 3. The monoisotopic (exact) mass is 334 g/mol. The van der Waals surface area contributed by atoms with Crippen molar-refractivity contribution in [1.29, 1.82) is 0 Å². The Kier molecular flexibility index (Phi) is 3.62. The zero-order chi connectivity index (χ0) is 13.2. The average molecular weight is 335 g/mol. The Bertz CT molecular complexity index is 557. The summed E-state index contributed by atoms with van der Waals surface area (Å²) in [5, 5.41) is 9.87. The number of nitrogens with one attached hydrogen (secondary N) is 1. The van der Waals surface area contributed by atoms with Gasteiger partial charge in [-0.2, -0.15) is 8.78 Å². The number of anilines is 1. The van der Waals surface area contributed by atoms with Gasteiger partial charge in [0, 0.05) is 33.9 Å². The first kappa shape index (κ1) is 13.0. The van der Waals surface area contributed by atoms with Gasteiger partial charge in [-0.05, 0) is 12.1 Å². The Morgan fingerprint density at radius 1 is 1.33 bits per heavy atom. The van der Waals surface area contributed by atoms with Gasteiger partial charge in [0.1, 0.15) is 5.01 Å². The van der Waals surface area contributed by atoms with E-state index in [1.807, 2.05) is 21.2 Å². The van der Waals surface area contributed by atoms with E-state index in [0.29, 0.717) is 5.01 Å². The van der Waals surface area contributed by atoms with E-state index in [4.69, 9.17) is 0 Å². The molecule has 0 fully saturated rings. The van der Waals surface area contributed by atoms with Crippen LogP contribution in [0.5, 0.6) is 0 Å². The molecule has 18 heavy (non-hydrogen) atoms. The molecule has 94 valence electrons. The van der Waals surface area contributed by atoms with E-state index in [0.717, 1.165) is 16.9 Å². The van der Waals surface area contributed by atoms with Crippen molar-refractivity contribution >= 4 is 38.3 Å². The predicted octanol–water partition coefficient (Wildman–Crippen LogP) is 2.53. The van der Waals surface area contributed by atoms with Crippen LogP contribution in [0.3, 0.4) is 0 Å². The molecule has 0 aromatic carbocycles. The number of aromatic nitrogens is 3. The van der Waals surface area contributed by atoms with Crippen molar-refractivity contribution in [2.75, 3.05) is 5.32 Å². The molecule has 5 nitrogen and oxygen atoms in total. The predicted molar refractivity (Wildman–Crippen MR) is 65.6 cm³/mol. The van der Waals surface area contributed by atoms with Crippen molar-refractivity contribution in [2.45, 2.75) is 4.83 Å². The Morgan fingerprint density at radius 2 is 2.00 bits per heavy atom. The van der Waals surface area contributed by atoms with Crippen LogP contribution < -0.4 is 5.32 Å². The minimum atomic E-state index is -3.63. The third-order valence-electron chi connectivity index (χ3n) is 1.83. The molecule has 1 amide bonds. The topological polar surface area (TPSA) is 67.8 Å². The normalized spacial score (nSPS) is 11.3. The first-order valence-corrected chi connectivity index (χ1v) is 6.20. The summed E-state index contributed by atoms with van der Waals surface area (Å²) in [6, 6.07) is 3.40. The molecule has 0 aliphatic heterocycles. The molecule has 0 aliphatic rings. The van der Waals surface area contributed by atoms with Crippen molar-refractivity contribution in [3.05, 3.63) is 24.5 Å². The molecule has 2 aromatic rings. The molecule has 9 heteroatoms. The molecule has 0 aliphatic carbocycles. The molecule has 0 saturated carbocycles. The van der Waals surface area contributed by atoms with Gasteiger partial charge in [-0.3, -0.25) is 15.1 Å². The Labute approximate surface area is 112 Å². The first-order chi connectivity index (χ1) is 8.47. The van der Waals surface area contributed by atoms with Gasteiger partial charge >= 0.3 is 10.7 Å². The number of pyridine rings is 1. The van der Waals surface area contributed by atoms with E-state index in [-0.39, 0.29) is 5.13 Å². The molecule has 0 spiro atoms. The van der Waals surface area contributed by atoms with Crippen LogP contribution in [0.15, 0.2) is 24.5 Å². The van der Waals surface area contributed by atoms with Crippen LogP contribution in [0.2, 0.25) is 0 Å². The van der Waals surface area contributed by atoms with Gasteiger partial charge in [0.15, 0.2) is 0 Å². The summed E-state index contributed by atoms with van der Waals surface area (Å²) >= 11 is 2.95. The van der Waals surface area contributed by atoms with Crippen LogP contribution in [0.25, 0.3) is 10.6 Å². The van der Waals surface area contributed by atoms with Crippen molar-refractivity contribution in [3.63, 3.8) is 0 Å². The van der Waals surface area contributed by atoms with Gasteiger partial charge in [-0.25, -0.2) is 0 Å². The number of carbonyl (C=O) groups excluding carboxylic acids is 1. The zero-order valence-electron chi connectivity index (χ0n) is 8.60. The summed E-state index contributed by atoms with van der Waals surface area (Å²) in [5.74, 6) is -1.49. The SMILES string of the molecule is O=C(Nc1nnc(-c2ccncc2)s1)C(F)(F)Br. The fourth-order valence-electron chi connectivity index (χ4n) is 1.05. The highest BCUT2D eigenvalue weighted by Gasteiger charge is 2.35. The van der Waals surface area contributed by atoms with Crippen molar-refractivity contribution in [3.8, 4) is 10.6 Å². The number of amides is 1. The summed E-state index contributed by atoms with van der Waals surface area (Å²) in [5.41, 5.74) is 0.744. The Balaban J connectivity index is 2.15. The number of halogens is 3. The number of carbonyl (C=O) groups is 1. The minimum Gasteiger partial charge on any atom is -0.294 e. The zero-order valence-corrected chi connectivity index (χ0v) is 11.0. The van der Waals surface area contributed by atoms with E-state index >= 15 is 0 Å². The largest absolute Gasteiger partial charge is 0.378 e. The van der Waals surface area contributed by atoms with E-state index in [1.54, 1.807) is 24.5 Å². The second-order valence-corrected chi connectivity index (χ2v) is 5.07. The highest BCUT2D eigenvalue weighted by atomic mass is 79.9. The molecule has 0 saturated heterocycles. The van der Waals surface area contributed by atoms with E-state index in [9.17, 15) is 13.6 Å². The van der Waals surface area contributed by atoms with Crippen LogP contribution in [0, 0.1) is 0 Å². The van der Waals surface area contributed by atoms with E-state index in [1.165, 1.54) is 0 Å².